The summed E-state index contributed by atoms with van der Waals surface area (Å²) >= 11 is 0. The number of anilines is 1. The lowest BCUT2D eigenvalue weighted by Gasteiger charge is -2.28. The maximum absolute atomic E-state index is 12.2. The van der Waals surface area contributed by atoms with Crippen molar-refractivity contribution in [3.05, 3.63) is 11.4 Å². The van der Waals surface area contributed by atoms with E-state index in [2.05, 4.69) is 10.4 Å². The maximum Gasteiger partial charge on any atom is 0.238 e. The molecule has 0 saturated carbocycles. The molecule has 1 aliphatic heterocycles. The monoisotopic (exact) mass is 323 g/mol. The Labute approximate surface area is 136 Å². The highest BCUT2D eigenvalue weighted by Crippen LogP contribution is 2.18. The van der Waals surface area contributed by atoms with Crippen molar-refractivity contribution < 1.29 is 14.3 Å². The minimum atomic E-state index is -0.151. The van der Waals surface area contributed by atoms with Gasteiger partial charge in [-0.1, -0.05) is 0 Å². The van der Waals surface area contributed by atoms with Crippen LogP contribution >= 0.6 is 0 Å². The fraction of sp³-hybridized carbons (Fsp3) is 0.667. The van der Waals surface area contributed by atoms with Crippen molar-refractivity contribution >= 4 is 17.5 Å². The van der Waals surface area contributed by atoms with Crippen molar-refractivity contribution in [2.45, 2.75) is 13.8 Å². The maximum atomic E-state index is 12.2. The van der Waals surface area contributed by atoms with Crippen LogP contribution in [0, 0.1) is 13.8 Å². The fourth-order valence-electron chi connectivity index (χ4n) is 2.58. The smallest absolute Gasteiger partial charge is 0.238 e. The molecule has 0 aliphatic carbocycles. The Morgan fingerprint density at radius 3 is 2.48 bits per heavy atom. The minimum Gasteiger partial charge on any atom is -0.378 e. The third kappa shape index (κ3) is 4.52. The molecule has 23 heavy (non-hydrogen) atoms. The Morgan fingerprint density at radius 1 is 1.26 bits per heavy atom. The van der Waals surface area contributed by atoms with Gasteiger partial charge >= 0.3 is 0 Å². The molecular formula is C15H25N5O3. The summed E-state index contributed by atoms with van der Waals surface area (Å²) in [5, 5.41) is 7.14. The summed E-state index contributed by atoms with van der Waals surface area (Å²) in [6.07, 6.45) is 0. The first-order chi connectivity index (χ1) is 10.9. The summed E-state index contributed by atoms with van der Waals surface area (Å²) in [6, 6.07) is 0. The summed E-state index contributed by atoms with van der Waals surface area (Å²) < 4.78 is 6.96. The number of likely N-dealkylation sites (N-methyl/N-ethyl adjacent to an activating group) is 1. The van der Waals surface area contributed by atoms with Gasteiger partial charge in [-0.3, -0.25) is 19.2 Å². The van der Waals surface area contributed by atoms with Crippen LogP contribution in [0.1, 0.15) is 11.4 Å². The lowest BCUT2D eigenvalue weighted by molar-refractivity contribution is -0.136. The van der Waals surface area contributed by atoms with Gasteiger partial charge in [0.2, 0.25) is 11.8 Å². The Balaban J connectivity index is 1.83. The predicted octanol–water partition coefficient (Wildman–Crippen LogP) is -0.234. The number of morpholine rings is 1. The van der Waals surface area contributed by atoms with Crippen LogP contribution in [0.15, 0.2) is 0 Å². The van der Waals surface area contributed by atoms with Crippen molar-refractivity contribution in [2.24, 2.45) is 7.05 Å². The number of hydrogen-bond donors (Lipinski definition) is 1. The van der Waals surface area contributed by atoms with Crippen LogP contribution < -0.4 is 5.32 Å². The number of rotatable bonds is 5. The number of ether oxygens (including phenoxy) is 1. The molecule has 0 bridgehead atoms. The molecule has 1 fully saturated rings. The lowest BCUT2D eigenvalue weighted by Crippen LogP contribution is -2.46. The van der Waals surface area contributed by atoms with Crippen LogP contribution in [0.2, 0.25) is 0 Å². The summed E-state index contributed by atoms with van der Waals surface area (Å²) in [6.45, 7) is 6.53. The Kier molecular flexibility index (Phi) is 5.73. The number of amides is 2. The zero-order valence-corrected chi connectivity index (χ0v) is 14.3. The van der Waals surface area contributed by atoms with Crippen molar-refractivity contribution in [1.29, 1.82) is 0 Å². The van der Waals surface area contributed by atoms with Crippen molar-refractivity contribution in [3.63, 3.8) is 0 Å². The summed E-state index contributed by atoms with van der Waals surface area (Å²) in [7, 11) is 3.60. The number of hydrogen-bond acceptors (Lipinski definition) is 5. The van der Waals surface area contributed by atoms with Gasteiger partial charge in [-0.25, -0.2) is 0 Å². The van der Waals surface area contributed by atoms with E-state index in [0.29, 0.717) is 26.3 Å². The van der Waals surface area contributed by atoms with Crippen LogP contribution in [0.5, 0.6) is 0 Å². The number of nitrogens with one attached hydrogen (secondary N) is 1. The molecule has 8 nitrogen and oxygen atoms in total. The standard InChI is InChI=1S/C15H25N5O3/c1-11-15(12(2)19(4)17-11)16-13(21)9-18(3)10-14(22)20-5-7-23-8-6-20/h5-10H2,1-4H3,(H,16,21). The number of nitrogens with zero attached hydrogens (tertiary/aromatic N) is 4. The molecule has 1 aliphatic rings. The molecule has 2 amide bonds. The van der Waals surface area contributed by atoms with E-state index in [1.165, 1.54) is 0 Å². The average molecular weight is 323 g/mol. The summed E-state index contributed by atoms with van der Waals surface area (Å²) in [4.78, 5) is 27.8. The van der Waals surface area contributed by atoms with Crippen LogP contribution in [-0.4, -0.2) is 77.8 Å². The second-order valence-corrected chi connectivity index (χ2v) is 5.88. The molecule has 1 aromatic rings. The van der Waals surface area contributed by atoms with Gasteiger partial charge in [-0.2, -0.15) is 5.10 Å². The highest BCUT2D eigenvalue weighted by Gasteiger charge is 2.20. The molecule has 1 N–H and O–H groups in total. The Morgan fingerprint density at radius 2 is 1.91 bits per heavy atom. The normalized spacial score (nSPS) is 15.1. The summed E-state index contributed by atoms with van der Waals surface area (Å²) in [5.41, 5.74) is 2.43. The molecule has 2 heterocycles. The van der Waals surface area contributed by atoms with E-state index in [0.717, 1.165) is 17.1 Å². The molecule has 1 aromatic heterocycles. The van der Waals surface area contributed by atoms with Gasteiger partial charge < -0.3 is 15.0 Å². The molecular weight excluding hydrogens is 298 g/mol. The van der Waals surface area contributed by atoms with Crippen molar-refractivity contribution in [2.75, 3.05) is 51.8 Å². The van der Waals surface area contributed by atoms with Crippen molar-refractivity contribution in [3.8, 4) is 0 Å². The molecule has 8 heteroatoms. The van der Waals surface area contributed by atoms with Crippen LogP contribution in [0.3, 0.4) is 0 Å². The predicted molar refractivity (Wildman–Crippen MR) is 86.2 cm³/mol. The van der Waals surface area contributed by atoms with Crippen LogP contribution in [0.4, 0.5) is 5.69 Å². The zero-order valence-electron chi connectivity index (χ0n) is 14.3. The zero-order chi connectivity index (χ0) is 17.0. The van der Waals surface area contributed by atoms with Gasteiger partial charge in [-0.15, -0.1) is 0 Å². The Hall–Kier alpha value is -1.93. The number of aryl methyl sites for hydroxylation is 2. The van der Waals surface area contributed by atoms with E-state index in [1.807, 2.05) is 20.9 Å². The van der Waals surface area contributed by atoms with E-state index in [9.17, 15) is 9.59 Å². The van der Waals surface area contributed by atoms with Crippen molar-refractivity contribution in [1.82, 2.24) is 19.6 Å². The fourth-order valence-corrected chi connectivity index (χ4v) is 2.58. The van der Waals surface area contributed by atoms with E-state index < -0.39 is 0 Å². The first-order valence-electron chi connectivity index (χ1n) is 7.72. The first-order valence-corrected chi connectivity index (χ1v) is 7.72. The van der Waals surface area contributed by atoms with Gasteiger partial charge in [0, 0.05) is 20.1 Å². The van der Waals surface area contributed by atoms with Gasteiger partial charge in [0.25, 0.3) is 0 Å². The lowest BCUT2D eigenvalue weighted by atomic mass is 10.3. The van der Waals surface area contributed by atoms with Gasteiger partial charge in [-0.05, 0) is 20.9 Å². The molecule has 1 saturated heterocycles. The number of carbonyl (C=O) groups is 2. The minimum absolute atomic E-state index is 0.0253. The molecule has 0 unspecified atom stereocenters. The van der Waals surface area contributed by atoms with E-state index in [4.69, 9.17) is 4.74 Å². The topological polar surface area (TPSA) is 79.7 Å². The Bertz CT molecular complexity index is 578. The highest BCUT2D eigenvalue weighted by molar-refractivity contribution is 5.93. The van der Waals surface area contributed by atoms with Crippen LogP contribution in [-0.2, 0) is 21.4 Å². The largest absolute Gasteiger partial charge is 0.378 e. The van der Waals surface area contributed by atoms with Gasteiger partial charge in [0.05, 0.1) is 43.4 Å². The third-order valence-electron chi connectivity index (χ3n) is 3.96. The van der Waals surface area contributed by atoms with E-state index >= 15 is 0 Å². The SMILES string of the molecule is Cc1nn(C)c(C)c1NC(=O)CN(C)CC(=O)N1CCOCC1. The van der Waals surface area contributed by atoms with Crippen LogP contribution in [0.25, 0.3) is 0 Å². The van der Waals surface area contributed by atoms with E-state index in [1.54, 1.807) is 21.5 Å². The molecule has 0 spiro atoms. The van der Waals surface area contributed by atoms with Gasteiger partial charge in [0.15, 0.2) is 0 Å². The molecule has 2 rings (SSSR count). The molecule has 0 atom stereocenters. The third-order valence-corrected chi connectivity index (χ3v) is 3.96. The second-order valence-electron chi connectivity index (χ2n) is 5.88. The molecule has 0 radical (unpaired) electrons. The van der Waals surface area contributed by atoms with E-state index in [-0.39, 0.29) is 24.9 Å². The number of aromatic nitrogens is 2. The highest BCUT2D eigenvalue weighted by atomic mass is 16.5. The first kappa shape index (κ1) is 17.4. The average Bonchev–Trinajstić information content (AvgIpc) is 2.74. The molecule has 0 aromatic carbocycles. The van der Waals surface area contributed by atoms with Gasteiger partial charge in [0.1, 0.15) is 0 Å². The quantitative estimate of drug-likeness (QED) is 0.809. The second kappa shape index (κ2) is 7.56. The number of carbonyl (C=O) groups excluding carboxylic acids is 2. The summed E-state index contributed by atoms with van der Waals surface area (Å²) in [5.74, 6) is -0.126. The molecule has 128 valence electrons.